The van der Waals surface area contributed by atoms with E-state index in [4.69, 9.17) is 20.3 Å². The standard InChI is InChI=1S/C7H15NO3/c8-5-7(11-4-2-9)1-3-10-6-7/h9H,1-6,8H2. The summed E-state index contributed by atoms with van der Waals surface area (Å²) in [6.07, 6.45) is 0.837. The molecule has 1 aliphatic heterocycles. The predicted molar refractivity (Wildman–Crippen MR) is 40.3 cm³/mol. The molecule has 1 rings (SSSR count). The Bertz CT molecular complexity index is 112. The number of ether oxygens (including phenoxy) is 2. The van der Waals surface area contributed by atoms with Crippen LogP contribution in [-0.2, 0) is 9.47 Å². The van der Waals surface area contributed by atoms with E-state index in [0.29, 0.717) is 26.4 Å². The van der Waals surface area contributed by atoms with Crippen molar-refractivity contribution in [3.63, 3.8) is 0 Å². The van der Waals surface area contributed by atoms with Crippen LogP contribution in [0.25, 0.3) is 0 Å². The quantitative estimate of drug-likeness (QED) is 0.561. The molecule has 0 aromatic rings. The molecule has 11 heavy (non-hydrogen) atoms. The lowest BCUT2D eigenvalue weighted by Gasteiger charge is -2.25. The average molecular weight is 161 g/mol. The van der Waals surface area contributed by atoms with Crippen molar-refractivity contribution in [2.75, 3.05) is 33.0 Å². The average Bonchev–Trinajstić information content (AvgIpc) is 2.50. The molecule has 1 atom stereocenters. The lowest BCUT2D eigenvalue weighted by Crippen LogP contribution is -2.42. The van der Waals surface area contributed by atoms with E-state index in [1.54, 1.807) is 0 Å². The Labute approximate surface area is 66.3 Å². The Hall–Kier alpha value is -0.160. The minimum Gasteiger partial charge on any atom is -0.394 e. The molecule has 66 valence electrons. The second kappa shape index (κ2) is 4.01. The first-order chi connectivity index (χ1) is 5.33. The van der Waals surface area contributed by atoms with Crippen molar-refractivity contribution in [1.29, 1.82) is 0 Å². The second-order valence-corrected chi connectivity index (χ2v) is 2.76. The fourth-order valence-corrected chi connectivity index (χ4v) is 1.18. The fourth-order valence-electron chi connectivity index (χ4n) is 1.18. The summed E-state index contributed by atoms with van der Waals surface area (Å²) in [6.45, 7) is 2.13. The van der Waals surface area contributed by atoms with Crippen LogP contribution in [0, 0.1) is 0 Å². The zero-order valence-electron chi connectivity index (χ0n) is 6.58. The van der Waals surface area contributed by atoms with Gasteiger partial charge in [-0.15, -0.1) is 0 Å². The second-order valence-electron chi connectivity index (χ2n) is 2.76. The van der Waals surface area contributed by atoms with Gasteiger partial charge in [0.1, 0.15) is 5.60 Å². The van der Waals surface area contributed by atoms with Crippen molar-refractivity contribution >= 4 is 0 Å². The molecule has 4 nitrogen and oxygen atoms in total. The smallest absolute Gasteiger partial charge is 0.106 e. The van der Waals surface area contributed by atoms with Gasteiger partial charge in [0.15, 0.2) is 0 Å². The van der Waals surface area contributed by atoms with E-state index in [-0.39, 0.29) is 12.2 Å². The van der Waals surface area contributed by atoms with Gasteiger partial charge < -0.3 is 20.3 Å². The summed E-state index contributed by atoms with van der Waals surface area (Å²) in [6, 6.07) is 0. The summed E-state index contributed by atoms with van der Waals surface area (Å²) in [7, 11) is 0. The molecule has 1 saturated heterocycles. The van der Waals surface area contributed by atoms with Gasteiger partial charge in [-0.2, -0.15) is 0 Å². The molecular formula is C7H15NO3. The number of aliphatic hydroxyl groups excluding tert-OH is 1. The highest BCUT2D eigenvalue weighted by Crippen LogP contribution is 2.21. The van der Waals surface area contributed by atoms with Crippen molar-refractivity contribution < 1.29 is 14.6 Å². The van der Waals surface area contributed by atoms with Gasteiger partial charge in [0.05, 0.1) is 19.8 Å². The number of nitrogens with two attached hydrogens (primary N) is 1. The zero-order valence-corrected chi connectivity index (χ0v) is 6.58. The molecular weight excluding hydrogens is 146 g/mol. The van der Waals surface area contributed by atoms with Crippen LogP contribution in [0.3, 0.4) is 0 Å². The number of rotatable bonds is 4. The molecule has 0 amide bonds. The predicted octanol–water partition coefficient (Wildman–Crippen LogP) is -0.887. The topological polar surface area (TPSA) is 64.7 Å². The molecule has 0 saturated carbocycles. The highest BCUT2D eigenvalue weighted by atomic mass is 16.6. The summed E-state index contributed by atoms with van der Waals surface area (Å²) >= 11 is 0. The highest BCUT2D eigenvalue weighted by Gasteiger charge is 2.34. The Morgan fingerprint density at radius 1 is 1.64 bits per heavy atom. The van der Waals surface area contributed by atoms with Gasteiger partial charge in [-0.1, -0.05) is 0 Å². The minimum absolute atomic E-state index is 0.0434. The van der Waals surface area contributed by atoms with Crippen LogP contribution in [0.2, 0.25) is 0 Å². The molecule has 1 unspecified atom stereocenters. The number of hydrogen-bond donors (Lipinski definition) is 2. The van der Waals surface area contributed by atoms with Crippen LogP contribution in [0.15, 0.2) is 0 Å². The molecule has 1 aliphatic rings. The van der Waals surface area contributed by atoms with E-state index in [1.165, 1.54) is 0 Å². The monoisotopic (exact) mass is 161 g/mol. The molecule has 4 heteroatoms. The van der Waals surface area contributed by atoms with E-state index in [1.807, 2.05) is 0 Å². The Balaban J connectivity index is 2.33. The number of aliphatic hydroxyl groups is 1. The molecule has 1 heterocycles. The van der Waals surface area contributed by atoms with Gasteiger partial charge in [0.25, 0.3) is 0 Å². The van der Waals surface area contributed by atoms with E-state index in [9.17, 15) is 0 Å². The first-order valence-corrected chi connectivity index (χ1v) is 3.86. The SMILES string of the molecule is NCC1(OCCO)CCOC1. The van der Waals surface area contributed by atoms with Crippen LogP contribution in [0.1, 0.15) is 6.42 Å². The van der Waals surface area contributed by atoms with Crippen LogP contribution in [-0.4, -0.2) is 43.7 Å². The summed E-state index contributed by atoms with van der Waals surface area (Å²) in [5.41, 5.74) is 5.21. The Morgan fingerprint density at radius 3 is 2.91 bits per heavy atom. The van der Waals surface area contributed by atoms with E-state index < -0.39 is 0 Å². The van der Waals surface area contributed by atoms with Gasteiger partial charge in [0, 0.05) is 19.6 Å². The van der Waals surface area contributed by atoms with Crippen LogP contribution in [0.5, 0.6) is 0 Å². The normalized spacial score (nSPS) is 31.1. The molecule has 1 fully saturated rings. The summed E-state index contributed by atoms with van der Waals surface area (Å²) < 4.78 is 10.6. The largest absolute Gasteiger partial charge is 0.394 e. The van der Waals surface area contributed by atoms with Crippen LogP contribution in [0.4, 0.5) is 0 Å². The lowest BCUT2D eigenvalue weighted by molar-refractivity contribution is -0.0545. The van der Waals surface area contributed by atoms with Crippen molar-refractivity contribution in [2.24, 2.45) is 5.73 Å². The molecule has 0 radical (unpaired) electrons. The first-order valence-electron chi connectivity index (χ1n) is 3.86. The van der Waals surface area contributed by atoms with Gasteiger partial charge >= 0.3 is 0 Å². The summed E-state index contributed by atoms with van der Waals surface area (Å²) in [4.78, 5) is 0. The highest BCUT2D eigenvalue weighted by molar-refractivity contribution is 4.85. The minimum atomic E-state index is -0.317. The summed E-state index contributed by atoms with van der Waals surface area (Å²) in [5.74, 6) is 0. The van der Waals surface area contributed by atoms with Crippen molar-refractivity contribution in [2.45, 2.75) is 12.0 Å². The third-order valence-corrected chi connectivity index (χ3v) is 1.94. The van der Waals surface area contributed by atoms with Crippen molar-refractivity contribution in [3.8, 4) is 0 Å². The Kier molecular flexibility index (Phi) is 3.26. The zero-order chi connectivity index (χ0) is 8.16. The molecule has 0 aromatic carbocycles. The molecule has 3 N–H and O–H groups in total. The summed E-state index contributed by atoms with van der Waals surface area (Å²) in [5, 5.41) is 8.53. The van der Waals surface area contributed by atoms with Crippen molar-refractivity contribution in [1.82, 2.24) is 0 Å². The maximum absolute atomic E-state index is 8.53. The maximum atomic E-state index is 8.53. The fraction of sp³-hybridized carbons (Fsp3) is 1.00. The van der Waals surface area contributed by atoms with Gasteiger partial charge in [-0.25, -0.2) is 0 Å². The molecule has 0 aliphatic carbocycles. The molecule has 0 bridgehead atoms. The van der Waals surface area contributed by atoms with Gasteiger partial charge in [0.2, 0.25) is 0 Å². The third-order valence-electron chi connectivity index (χ3n) is 1.94. The van der Waals surface area contributed by atoms with E-state index in [2.05, 4.69) is 0 Å². The lowest BCUT2D eigenvalue weighted by atomic mass is 10.0. The third kappa shape index (κ3) is 2.13. The van der Waals surface area contributed by atoms with Gasteiger partial charge in [-0.05, 0) is 0 Å². The van der Waals surface area contributed by atoms with Crippen molar-refractivity contribution in [3.05, 3.63) is 0 Å². The maximum Gasteiger partial charge on any atom is 0.106 e. The Morgan fingerprint density at radius 2 is 2.45 bits per heavy atom. The van der Waals surface area contributed by atoms with E-state index in [0.717, 1.165) is 6.42 Å². The van der Waals surface area contributed by atoms with Gasteiger partial charge in [-0.3, -0.25) is 0 Å². The van der Waals surface area contributed by atoms with Crippen LogP contribution < -0.4 is 5.73 Å². The van der Waals surface area contributed by atoms with E-state index >= 15 is 0 Å². The molecule has 0 aromatic heterocycles. The first kappa shape index (κ1) is 8.93. The number of hydrogen-bond acceptors (Lipinski definition) is 4. The molecule has 0 spiro atoms. The van der Waals surface area contributed by atoms with Crippen LogP contribution >= 0.6 is 0 Å².